The summed E-state index contributed by atoms with van der Waals surface area (Å²) < 4.78 is 64.9. The zero-order chi connectivity index (χ0) is 38.1. The maximum atomic E-state index is 13.5. The maximum absolute atomic E-state index is 13.5. The van der Waals surface area contributed by atoms with Gasteiger partial charge in [-0.25, -0.2) is 4.39 Å². The highest BCUT2D eigenvalue weighted by atomic mass is 35.5. The van der Waals surface area contributed by atoms with Gasteiger partial charge in [0.1, 0.15) is 23.9 Å². The summed E-state index contributed by atoms with van der Waals surface area (Å²) in [4.78, 5) is 11.2. The quantitative estimate of drug-likeness (QED) is 0.101. The molecule has 0 saturated carbocycles. The summed E-state index contributed by atoms with van der Waals surface area (Å²) in [6.07, 6.45) is -0.995. The lowest BCUT2D eigenvalue weighted by Crippen LogP contribution is -2.45. The summed E-state index contributed by atoms with van der Waals surface area (Å²) in [5, 5.41) is 20.2. The molecule has 7 rings (SSSR count). The Labute approximate surface area is 346 Å². The molecule has 308 valence electrons. The van der Waals surface area contributed by atoms with Crippen molar-refractivity contribution in [2.75, 3.05) is 13.7 Å². The molecule has 1 aromatic heterocycles. The van der Waals surface area contributed by atoms with E-state index >= 15 is 0 Å². The zero-order valence-electron chi connectivity index (χ0n) is 30.8. The number of ether oxygens (including phenoxy) is 2. The van der Waals surface area contributed by atoms with Crippen LogP contribution < -0.4 is 31.2 Å². The van der Waals surface area contributed by atoms with Crippen LogP contribution in [0.15, 0.2) is 97.1 Å². The number of tetrazole rings is 1. The van der Waals surface area contributed by atoms with Crippen LogP contribution in [0.5, 0.6) is 11.5 Å². The summed E-state index contributed by atoms with van der Waals surface area (Å²) in [6, 6.07) is 29.3. The molecule has 0 spiro atoms. The van der Waals surface area contributed by atoms with E-state index in [2.05, 4.69) is 43.6 Å². The van der Waals surface area contributed by atoms with Crippen molar-refractivity contribution in [1.29, 1.82) is 0 Å². The first-order valence-electron chi connectivity index (χ1n) is 17.7. The number of primary amides is 1. The van der Waals surface area contributed by atoms with Crippen molar-refractivity contribution in [2.24, 2.45) is 5.73 Å². The minimum Gasteiger partial charge on any atom is -0.496 e. The van der Waals surface area contributed by atoms with Gasteiger partial charge < -0.3 is 25.8 Å². The number of rotatable bonds is 11. The number of hydrogen-bond acceptors (Lipinski definition) is 9. The number of halogens is 7. The molecule has 5 aromatic rings. The highest BCUT2D eigenvalue weighted by molar-refractivity contribution is 5.86. The number of alkyl halides is 3. The molecular weight excluding hydrogens is 811 g/mol. The number of aromatic nitrogens is 4. The summed E-state index contributed by atoms with van der Waals surface area (Å²) in [7, 11) is 1.53. The molecule has 2 fully saturated rings. The Hall–Kier alpha value is -4.51. The Balaban J connectivity index is 0.000000301. The van der Waals surface area contributed by atoms with Crippen LogP contribution in [0, 0.1) is 5.82 Å². The number of nitrogens with zero attached hydrogens (tertiary/aromatic N) is 4. The third kappa shape index (κ3) is 12.2. The van der Waals surface area contributed by atoms with Crippen molar-refractivity contribution in [1.82, 2.24) is 36.2 Å². The number of benzene rings is 4. The predicted octanol–water partition coefficient (Wildman–Crippen LogP) is 7.22. The van der Waals surface area contributed by atoms with E-state index < -0.39 is 12.0 Å². The fourth-order valence-electron chi connectivity index (χ4n) is 6.74. The van der Waals surface area contributed by atoms with Crippen LogP contribution in [-0.4, -0.2) is 51.9 Å². The zero-order valence-corrected chi connectivity index (χ0v) is 33.3. The number of methoxy groups -OCH3 is 1. The third-order valence-electron chi connectivity index (χ3n) is 9.53. The van der Waals surface area contributed by atoms with Crippen molar-refractivity contribution >= 4 is 43.1 Å². The lowest BCUT2D eigenvalue weighted by Gasteiger charge is -2.34. The molecule has 11 nitrogen and oxygen atoms in total. The highest BCUT2D eigenvalue weighted by Crippen LogP contribution is 2.31. The van der Waals surface area contributed by atoms with Crippen LogP contribution in [0.4, 0.5) is 17.6 Å². The minimum absolute atomic E-state index is 0. The number of hydrogen-bond donors (Lipinski definition) is 4. The number of nitrogens with two attached hydrogens (primary N) is 1. The summed E-state index contributed by atoms with van der Waals surface area (Å²) >= 11 is 0. The van der Waals surface area contributed by atoms with Crippen molar-refractivity contribution < 1.29 is 31.8 Å². The Morgan fingerprint density at radius 3 is 2.30 bits per heavy atom. The van der Waals surface area contributed by atoms with Gasteiger partial charge in [-0.1, -0.05) is 60.7 Å². The van der Waals surface area contributed by atoms with Gasteiger partial charge in [0.2, 0.25) is 5.91 Å². The van der Waals surface area contributed by atoms with E-state index in [1.54, 1.807) is 30.3 Å². The monoisotopic (exact) mass is 854 g/mol. The van der Waals surface area contributed by atoms with Gasteiger partial charge in [-0.2, -0.15) is 17.9 Å². The molecule has 0 aliphatic carbocycles. The van der Waals surface area contributed by atoms with E-state index in [9.17, 15) is 22.4 Å². The van der Waals surface area contributed by atoms with Crippen LogP contribution >= 0.6 is 37.2 Å². The second-order valence-corrected chi connectivity index (χ2v) is 13.1. The predicted molar refractivity (Wildman–Crippen MR) is 215 cm³/mol. The van der Waals surface area contributed by atoms with Gasteiger partial charge in [0.15, 0.2) is 0 Å². The van der Waals surface area contributed by atoms with E-state index in [0.29, 0.717) is 28.3 Å². The molecule has 2 saturated heterocycles. The van der Waals surface area contributed by atoms with Gasteiger partial charge >= 0.3 is 6.18 Å². The molecule has 1 amide bonds. The largest absolute Gasteiger partial charge is 0.496 e. The van der Waals surface area contributed by atoms with Crippen LogP contribution in [0.3, 0.4) is 0 Å². The molecule has 0 bridgehead atoms. The maximum Gasteiger partial charge on any atom is 0.453 e. The fourth-order valence-corrected chi connectivity index (χ4v) is 6.74. The first-order chi connectivity index (χ1) is 26.1. The smallest absolute Gasteiger partial charge is 0.453 e. The Kier molecular flexibility index (Phi) is 18.0. The van der Waals surface area contributed by atoms with Crippen LogP contribution in [0.1, 0.15) is 65.8 Å². The Bertz CT molecular complexity index is 1990. The van der Waals surface area contributed by atoms with E-state index in [-0.39, 0.29) is 85.4 Å². The molecule has 4 aromatic carbocycles. The number of carbonyl (C=O) groups is 1. The molecule has 0 unspecified atom stereocenters. The second kappa shape index (κ2) is 21.9. The molecule has 2 aliphatic heterocycles. The first-order valence-corrected chi connectivity index (χ1v) is 17.7. The number of carbonyl (C=O) groups excluding carboxylic acids is 1. The summed E-state index contributed by atoms with van der Waals surface area (Å²) in [5.41, 5.74) is 9.07. The van der Waals surface area contributed by atoms with Crippen molar-refractivity contribution in [3.63, 3.8) is 0 Å². The standard InChI is InChI=1S/C21H23F3N6O.C18H19FN2O2.3ClH/c1-31-18-10-9-16(30-20(21(22,23)24)27-28-29-30)12-15(18)13-26-17-8-5-11-25-19(17)14-6-3-2-4-7-14;19-15-4-2-1-3-13(15)11-23-14-7-5-12(6-8-14)16-9-10-17(21-16)18(20)22;;;/h2-4,6-7,9-10,12,17,19,25-26H,5,8,11,13H2,1H3;1-8,16-17,21H,9-11H2,(H2,20,22);3*1H/t17-,19-;16-,17+;;;/m01.../s1. The van der Waals surface area contributed by atoms with Crippen LogP contribution in [0.25, 0.3) is 5.69 Å². The van der Waals surface area contributed by atoms with E-state index in [4.69, 9.17) is 15.2 Å². The number of piperidine rings is 1. The van der Waals surface area contributed by atoms with Crippen LogP contribution in [0.2, 0.25) is 0 Å². The normalized spacial score (nSPS) is 18.8. The average Bonchev–Trinajstić information content (AvgIpc) is 3.90. The third-order valence-corrected chi connectivity index (χ3v) is 9.53. The van der Waals surface area contributed by atoms with Gasteiger partial charge in [-0.05, 0) is 90.2 Å². The molecule has 18 heteroatoms. The molecule has 3 heterocycles. The van der Waals surface area contributed by atoms with Gasteiger partial charge in [0.05, 0.1) is 18.8 Å². The summed E-state index contributed by atoms with van der Waals surface area (Å²) in [6.45, 7) is 1.56. The molecule has 4 atom stereocenters. The topological polar surface area (TPSA) is 141 Å². The number of amides is 1. The first kappa shape index (κ1) is 46.9. The minimum atomic E-state index is -4.65. The Morgan fingerprint density at radius 1 is 0.912 bits per heavy atom. The molecule has 5 N–H and O–H groups in total. The highest BCUT2D eigenvalue weighted by Gasteiger charge is 2.38. The lowest BCUT2D eigenvalue weighted by atomic mass is 9.92. The van der Waals surface area contributed by atoms with Crippen LogP contribution in [-0.2, 0) is 24.1 Å². The summed E-state index contributed by atoms with van der Waals surface area (Å²) in [5.74, 6) is -0.481. The fraction of sp³-hybridized carbons (Fsp3) is 0.333. The molecule has 0 radical (unpaired) electrons. The average molecular weight is 856 g/mol. The van der Waals surface area contributed by atoms with Crippen molar-refractivity contribution in [3.05, 3.63) is 131 Å². The second-order valence-electron chi connectivity index (χ2n) is 13.1. The van der Waals surface area contributed by atoms with Crippen molar-refractivity contribution in [3.8, 4) is 17.2 Å². The van der Waals surface area contributed by atoms with Gasteiger partial charge in [0.25, 0.3) is 5.82 Å². The molecular formula is C39H45Cl3F4N8O3. The Morgan fingerprint density at radius 2 is 1.63 bits per heavy atom. The number of nitrogens with one attached hydrogen (secondary N) is 3. The molecule has 2 aliphatic rings. The SMILES string of the molecule is COc1ccc(-n2nnnc2C(F)(F)F)cc1CN[C@H]1CCCN[C@H]1c1ccccc1.Cl.Cl.Cl.NC(=O)[C@@H]1CC[C@H](c2ccc(OCc3ccccc3F)cc2)N1. The molecule has 57 heavy (non-hydrogen) atoms. The van der Waals surface area contributed by atoms with Gasteiger partial charge in [0, 0.05) is 35.8 Å². The van der Waals surface area contributed by atoms with E-state index in [1.165, 1.54) is 24.8 Å². The van der Waals surface area contributed by atoms with Crippen molar-refractivity contribution in [2.45, 2.75) is 69.2 Å². The van der Waals surface area contributed by atoms with E-state index in [1.807, 2.05) is 42.5 Å². The van der Waals surface area contributed by atoms with Gasteiger partial charge in [-0.3, -0.25) is 10.1 Å². The van der Waals surface area contributed by atoms with Gasteiger partial charge in [-0.15, -0.1) is 42.3 Å². The lowest BCUT2D eigenvalue weighted by molar-refractivity contribution is -0.146. The van der Waals surface area contributed by atoms with E-state index in [0.717, 1.165) is 43.4 Å².